The van der Waals surface area contributed by atoms with Gasteiger partial charge >= 0.3 is 0 Å². The van der Waals surface area contributed by atoms with Crippen LogP contribution in [0.15, 0.2) is 46.1 Å². The molecule has 0 heterocycles. The molecule has 0 aliphatic carbocycles. The highest BCUT2D eigenvalue weighted by molar-refractivity contribution is 5.20. The largest absolute Gasteiger partial charge is 0.362 e. The topological polar surface area (TPSA) is 40.5 Å². The van der Waals surface area contributed by atoms with Gasteiger partial charge in [0.1, 0.15) is 0 Å². The standard InChI is InChI=1S/C30H54O2/c1-23(2)13-10-16-26(7)19-20-29(28(9)18-12-15-25(5)6)30(31,32)22-21-27(8)17-11-14-24(3)4/h13-15,26-27,31-32H,10-12,16-22H2,1-9H3. The van der Waals surface area contributed by atoms with E-state index in [-0.39, 0.29) is 0 Å². The smallest absolute Gasteiger partial charge is 0.185 e. The molecule has 32 heavy (non-hydrogen) atoms. The zero-order valence-corrected chi connectivity index (χ0v) is 22.9. The molecule has 186 valence electrons. The van der Waals surface area contributed by atoms with Gasteiger partial charge in [0.05, 0.1) is 0 Å². The van der Waals surface area contributed by atoms with Gasteiger partial charge in [-0.25, -0.2) is 0 Å². The fraction of sp³-hybridized carbons (Fsp3) is 0.733. The van der Waals surface area contributed by atoms with Crippen LogP contribution in [0.1, 0.15) is 127 Å². The van der Waals surface area contributed by atoms with Gasteiger partial charge in [-0.15, -0.1) is 0 Å². The molecule has 0 fully saturated rings. The first-order valence-corrected chi connectivity index (χ1v) is 12.9. The Kier molecular flexibility index (Phi) is 15.9. The van der Waals surface area contributed by atoms with Gasteiger partial charge in [0.25, 0.3) is 0 Å². The molecule has 0 saturated heterocycles. The van der Waals surface area contributed by atoms with Crippen molar-refractivity contribution < 1.29 is 10.2 Å². The Hall–Kier alpha value is -1.12. The summed E-state index contributed by atoms with van der Waals surface area (Å²) in [6, 6.07) is 0. The van der Waals surface area contributed by atoms with Crippen molar-refractivity contribution in [2.24, 2.45) is 11.8 Å². The van der Waals surface area contributed by atoms with Crippen molar-refractivity contribution in [3.05, 3.63) is 46.1 Å². The summed E-state index contributed by atoms with van der Waals surface area (Å²) >= 11 is 0. The number of hydrogen-bond donors (Lipinski definition) is 2. The second-order valence-electron chi connectivity index (χ2n) is 10.9. The van der Waals surface area contributed by atoms with Crippen LogP contribution < -0.4 is 0 Å². The van der Waals surface area contributed by atoms with Crippen molar-refractivity contribution in [3.63, 3.8) is 0 Å². The lowest BCUT2D eigenvalue weighted by Crippen LogP contribution is -2.32. The third-order valence-electron chi connectivity index (χ3n) is 6.37. The van der Waals surface area contributed by atoms with Gasteiger partial charge in [-0.05, 0) is 124 Å². The molecule has 2 unspecified atom stereocenters. The van der Waals surface area contributed by atoms with E-state index in [0.29, 0.717) is 18.3 Å². The van der Waals surface area contributed by atoms with E-state index in [9.17, 15) is 10.2 Å². The number of hydrogen-bond acceptors (Lipinski definition) is 2. The Morgan fingerprint density at radius 3 is 1.53 bits per heavy atom. The van der Waals surface area contributed by atoms with Crippen molar-refractivity contribution in [2.75, 3.05) is 0 Å². The van der Waals surface area contributed by atoms with Crippen LogP contribution in [0.5, 0.6) is 0 Å². The quantitative estimate of drug-likeness (QED) is 0.183. The van der Waals surface area contributed by atoms with Crippen LogP contribution in [-0.4, -0.2) is 16.0 Å². The number of aliphatic hydroxyl groups is 2. The summed E-state index contributed by atoms with van der Waals surface area (Å²) in [5.41, 5.74) is 6.06. The molecule has 0 spiro atoms. The Morgan fingerprint density at radius 1 is 0.625 bits per heavy atom. The van der Waals surface area contributed by atoms with E-state index in [0.717, 1.165) is 68.9 Å². The maximum atomic E-state index is 11.1. The van der Waals surface area contributed by atoms with Crippen molar-refractivity contribution in [1.82, 2.24) is 0 Å². The molecule has 0 aromatic carbocycles. The normalized spacial score (nSPS) is 14.3. The molecular weight excluding hydrogens is 392 g/mol. The third kappa shape index (κ3) is 15.6. The van der Waals surface area contributed by atoms with Crippen LogP contribution in [0, 0.1) is 11.8 Å². The molecule has 0 radical (unpaired) electrons. The maximum absolute atomic E-state index is 11.1. The van der Waals surface area contributed by atoms with Crippen LogP contribution in [0.2, 0.25) is 0 Å². The SMILES string of the molecule is CC(C)=CCCC(C)=C(CCC(C)CCC=C(C)C)C(O)(O)CCC(C)CCC=C(C)C. The Balaban J connectivity index is 5.18. The van der Waals surface area contributed by atoms with E-state index in [1.807, 2.05) is 0 Å². The summed E-state index contributed by atoms with van der Waals surface area (Å²) in [6.45, 7) is 19.4. The van der Waals surface area contributed by atoms with Gasteiger partial charge in [0, 0.05) is 6.42 Å². The van der Waals surface area contributed by atoms with Crippen molar-refractivity contribution in [3.8, 4) is 0 Å². The van der Waals surface area contributed by atoms with Crippen molar-refractivity contribution in [2.45, 2.75) is 132 Å². The maximum Gasteiger partial charge on any atom is 0.185 e. The summed E-state index contributed by atoms with van der Waals surface area (Å²) in [4.78, 5) is 0. The molecule has 2 N–H and O–H groups in total. The molecule has 0 aromatic heterocycles. The summed E-state index contributed by atoms with van der Waals surface area (Å²) in [6.07, 6.45) is 16.1. The van der Waals surface area contributed by atoms with Gasteiger partial charge < -0.3 is 10.2 Å². The first kappa shape index (κ1) is 30.9. The predicted molar refractivity (Wildman–Crippen MR) is 143 cm³/mol. The van der Waals surface area contributed by atoms with Crippen LogP contribution in [0.4, 0.5) is 0 Å². The minimum absolute atomic E-state index is 0.421. The van der Waals surface area contributed by atoms with E-state index in [4.69, 9.17) is 0 Å². The van der Waals surface area contributed by atoms with Crippen LogP contribution in [0.25, 0.3) is 0 Å². The van der Waals surface area contributed by atoms with Gasteiger partial charge in [-0.1, -0.05) is 54.4 Å². The molecule has 2 nitrogen and oxygen atoms in total. The fourth-order valence-corrected chi connectivity index (χ4v) is 4.07. The second-order valence-corrected chi connectivity index (χ2v) is 10.9. The van der Waals surface area contributed by atoms with E-state index in [1.54, 1.807) is 0 Å². The summed E-state index contributed by atoms with van der Waals surface area (Å²) in [5, 5.41) is 22.3. The van der Waals surface area contributed by atoms with Gasteiger partial charge in [-0.2, -0.15) is 0 Å². The molecule has 0 aliphatic rings. The predicted octanol–water partition coefficient (Wildman–Crippen LogP) is 9.06. The summed E-state index contributed by atoms with van der Waals surface area (Å²) in [5.74, 6) is -0.635. The number of allylic oxidation sites excluding steroid dienone is 7. The molecule has 0 aliphatic heterocycles. The highest BCUT2D eigenvalue weighted by Crippen LogP contribution is 2.32. The van der Waals surface area contributed by atoms with Crippen molar-refractivity contribution in [1.29, 1.82) is 0 Å². The molecule has 0 bridgehead atoms. The first-order chi connectivity index (χ1) is 14.8. The highest BCUT2D eigenvalue weighted by Gasteiger charge is 2.30. The van der Waals surface area contributed by atoms with Crippen LogP contribution >= 0.6 is 0 Å². The minimum atomic E-state index is -1.69. The van der Waals surface area contributed by atoms with E-state index < -0.39 is 5.79 Å². The number of rotatable bonds is 16. The molecule has 0 amide bonds. The zero-order valence-electron chi connectivity index (χ0n) is 22.9. The Bertz CT molecular complexity index is 634. The summed E-state index contributed by atoms with van der Waals surface area (Å²) in [7, 11) is 0. The van der Waals surface area contributed by atoms with E-state index in [2.05, 4.69) is 80.5 Å². The summed E-state index contributed by atoms with van der Waals surface area (Å²) < 4.78 is 0. The lowest BCUT2D eigenvalue weighted by atomic mass is 9.85. The van der Waals surface area contributed by atoms with Gasteiger partial charge in [0.2, 0.25) is 0 Å². The third-order valence-corrected chi connectivity index (χ3v) is 6.37. The lowest BCUT2D eigenvalue weighted by molar-refractivity contribution is -0.138. The second kappa shape index (κ2) is 16.5. The molecular formula is C30H54O2. The van der Waals surface area contributed by atoms with Crippen LogP contribution in [-0.2, 0) is 0 Å². The van der Waals surface area contributed by atoms with Crippen LogP contribution in [0.3, 0.4) is 0 Å². The molecule has 0 rings (SSSR count). The van der Waals surface area contributed by atoms with Crippen molar-refractivity contribution >= 4 is 0 Å². The highest BCUT2D eigenvalue weighted by atomic mass is 16.5. The van der Waals surface area contributed by atoms with E-state index in [1.165, 1.54) is 16.7 Å². The molecule has 2 heteroatoms. The fourth-order valence-electron chi connectivity index (χ4n) is 4.07. The average Bonchev–Trinajstić information content (AvgIpc) is 2.65. The lowest BCUT2D eigenvalue weighted by Gasteiger charge is -2.29. The molecule has 0 saturated carbocycles. The van der Waals surface area contributed by atoms with E-state index >= 15 is 0 Å². The minimum Gasteiger partial charge on any atom is -0.362 e. The average molecular weight is 447 g/mol. The molecule has 2 atom stereocenters. The first-order valence-electron chi connectivity index (χ1n) is 12.9. The van der Waals surface area contributed by atoms with Gasteiger partial charge in [-0.3, -0.25) is 0 Å². The Labute approximate surface area is 200 Å². The van der Waals surface area contributed by atoms with Gasteiger partial charge in [0.15, 0.2) is 5.79 Å². The Morgan fingerprint density at radius 2 is 1.06 bits per heavy atom. The molecule has 0 aromatic rings. The monoisotopic (exact) mass is 446 g/mol. The zero-order chi connectivity index (χ0) is 24.7.